The number of carbonyl (C=O) groups is 3. The highest BCUT2D eigenvalue weighted by atomic mass is 32.1. The molecule has 9 heteroatoms. The molecule has 34 heavy (non-hydrogen) atoms. The highest BCUT2D eigenvalue weighted by molar-refractivity contribution is 7.09. The van der Waals surface area contributed by atoms with Crippen molar-refractivity contribution in [2.24, 2.45) is 17.8 Å². The van der Waals surface area contributed by atoms with Gasteiger partial charge in [-0.05, 0) is 64.7 Å². The fraction of sp³-hybridized carbons (Fsp3) is 0.760. The highest BCUT2D eigenvalue weighted by Gasteiger charge is 2.39. The van der Waals surface area contributed by atoms with Gasteiger partial charge in [-0.25, -0.2) is 14.6 Å². The van der Waals surface area contributed by atoms with Gasteiger partial charge in [0, 0.05) is 31.3 Å². The molecule has 1 aromatic rings. The number of carbonyl (C=O) groups excluding carboxylic acids is 2. The van der Waals surface area contributed by atoms with Crippen LogP contribution in [0, 0.1) is 17.8 Å². The Bertz CT molecular complexity index is 849. The van der Waals surface area contributed by atoms with E-state index < -0.39 is 29.7 Å². The molecular formula is C25H40N2O6S. The lowest BCUT2D eigenvalue weighted by atomic mass is 9.71. The molecule has 1 N–H and O–H groups in total. The number of esters is 1. The summed E-state index contributed by atoms with van der Waals surface area (Å²) in [5.41, 5.74) is -0.715. The lowest BCUT2D eigenvalue weighted by molar-refractivity contribution is -0.148. The van der Waals surface area contributed by atoms with Crippen LogP contribution in [0.4, 0.5) is 4.79 Å². The van der Waals surface area contributed by atoms with Gasteiger partial charge in [0.15, 0.2) is 11.8 Å². The van der Waals surface area contributed by atoms with E-state index in [1.165, 1.54) is 18.7 Å². The third kappa shape index (κ3) is 7.96. The minimum absolute atomic E-state index is 0.0782. The SMILES string of the molecule is CCC1CC(C)CC(C(CC(OC(C)=O)c2nc(C(=O)O)cs2)N(CC)C(=O)OC(C)(C)C)C1. The van der Waals surface area contributed by atoms with Crippen molar-refractivity contribution in [3.8, 4) is 0 Å². The van der Waals surface area contributed by atoms with Crippen molar-refractivity contribution in [3.63, 3.8) is 0 Å². The van der Waals surface area contributed by atoms with E-state index in [2.05, 4.69) is 18.8 Å². The Morgan fingerprint density at radius 2 is 1.91 bits per heavy atom. The van der Waals surface area contributed by atoms with Crippen LogP contribution in [-0.2, 0) is 14.3 Å². The van der Waals surface area contributed by atoms with E-state index in [0.29, 0.717) is 29.8 Å². The van der Waals surface area contributed by atoms with E-state index in [-0.39, 0.29) is 17.7 Å². The molecule has 1 amide bonds. The highest BCUT2D eigenvalue weighted by Crippen LogP contribution is 2.41. The van der Waals surface area contributed by atoms with Gasteiger partial charge < -0.3 is 19.5 Å². The van der Waals surface area contributed by atoms with Crippen LogP contribution in [0.15, 0.2) is 5.38 Å². The molecule has 0 spiro atoms. The molecule has 5 unspecified atom stereocenters. The molecule has 1 fully saturated rings. The Morgan fingerprint density at radius 1 is 1.24 bits per heavy atom. The lowest BCUT2D eigenvalue weighted by Gasteiger charge is -2.43. The van der Waals surface area contributed by atoms with Gasteiger partial charge in [0.2, 0.25) is 0 Å². The molecule has 192 valence electrons. The number of amides is 1. The van der Waals surface area contributed by atoms with Crippen LogP contribution in [-0.4, -0.2) is 51.2 Å². The topological polar surface area (TPSA) is 106 Å². The van der Waals surface area contributed by atoms with Gasteiger partial charge in [-0.3, -0.25) is 4.79 Å². The molecule has 0 saturated heterocycles. The van der Waals surface area contributed by atoms with Gasteiger partial charge >= 0.3 is 18.0 Å². The first-order chi connectivity index (χ1) is 15.8. The van der Waals surface area contributed by atoms with Crippen molar-refractivity contribution >= 4 is 29.4 Å². The van der Waals surface area contributed by atoms with Crippen molar-refractivity contribution in [3.05, 3.63) is 16.1 Å². The van der Waals surface area contributed by atoms with Crippen LogP contribution in [0.3, 0.4) is 0 Å². The Labute approximate surface area is 207 Å². The fourth-order valence-electron chi connectivity index (χ4n) is 5.00. The van der Waals surface area contributed by atoms with Crippen LogP contribution >= 0.6 is 11.3 Å². The fourth-order valence-corrected chi connectivity index (χ4v) is 5.83. The molecule has 5 atom stereocenters. The van der Waals surface area contributed by atoms with Crippen molar-refractivity contribution < 1.29 is 29.0 Å². The van der Waals surface area contributed by atoms with Gasteiger partial charge in [-0.1, -0.05) is 20.3 Å². The number of aromatic carboxylic acids is 1. The third-order valence-electron chi connectivity index (χ3n) is 6.35. The first-order valence-corrected chi connectivity index (χ1v) is 13.1. The molecular weight excluding hydrogens is 456 g/mol. The second-order valence-electron chi connectivity index (χ2n) is 10.4. The normalized spacial score (nSPS) is 22.5. The number of nitrogens with zero attached hydrogens (tertiary/aromatic N) is 2. The smallest absolute Gasteiger partial charge is 0.410 e. The Kier molecular flexibility index (Phi) is 9.91. The molecule has 1 saturated carbocycles. The van der Waals surface area contributed by atoms with Gasteiger partial charge in [0.05, 0.1) is 0 Å². The van der Waals surface area contributed by atoms with Crippen molar-refractivity contribution in [2.45, 2.75) is 98.3 Å². The average molecular weight is 497 g/mol. The summed E-state index contributed by atoms with van der Waals surface area (Å²) in [4.78, 5) is 42.6. The number of carboxylic acid groups (broad SMARTS) is 1. The van der Waals surface area contributed by atoms with Crippen molar-refractivity contribution in [1.82, 2.24) is 9.88 Å². The summed E-state index contributed by atoms with van der Waals surface area (Å²) in [5.74, 6) is -0.303. The predicted molar refractivity (Wildman–Crippen MR) is 131 cm³/mol. The maximum absolute atomic E-state index is 13.2. The molecule has 1 heterocycles. The molecule has 1 aliphatic carbocycles. The van der Waals surface area contributed by atoms with Gasteiger partial charge in [0.1, 0.15) is 10.6 Å². The van der Waals surface area contributed by atoms with Crippen LogP contribution in [0.2, 0.25) is 0 Å². The molecule has 0 aromatic carbocycles. The summed E-state index contributed by atoms with van der Waals surface area (Å²) in [7, 11) is 0. The van der Waals surface area contributed by atoms with E-state index in [0.717, 1.165) is 30.6 Å². The van der Waals surface area contributed by atoms with E-state index in [9.17, 15) is 19.5 Å². The Balaban J connectivity index is 2.44. The number of thiazole rings is 1. The maximum atomic E-state index is 13.2. The second kappa shape index (κ2) is 12.0. The number of hydrogen-bond acceptors (Lipinski definition) is 7. The zero-order valence-electron chi connectivity index (χ0n) is 21.5. The standard InChI is InChI=1S/C25H40N2O6S/c1-8-17-10-15(3)11-18(12-17)20(27(9-2)24(31)33-25(5,6)7)13-21(32-16(4)28)22-26-19(14-34-22)23(29)30/h14-15,17-18,20-21H,8-13H2,1-7H3,(H,29,30). The van der Waals surface area contributed by atoms with E-state index >= 15 is 0 Å². The van der Waals surface area contributed by atoms with E-state index in [1.54, 1.807) is 4.90 Å². The molecule has 0 bridgehead atoms. The van der Waals surface area contributed by atoms with Crippen LogP contribution < -0.4 is 0 Å². The molecule has 2 rings (SSSR count). The number of hydrogen-bond donors (Lipinski definition) is 1. The average Bonchev–Trinajstić information content (AvgIpc) is 3.21. The molecule has 0 radical (unpaired) electrons. The Hall–Kier alpha value is -2.16. The first-order valence-electron chi connectivity index (χ1n) is 12.2. The van der Waals surface area contributed by atoms with Gasteiger partial charge in [0.25, 0.3) is 0 Å². The zero-order valence-corrected chi connectivity index (χ0v) is 22.3. The largest absolute Gasteiger partial charge is 0.476 e. The van der Waals surface area contributed by atoms with E-state index in [4.69, 9.17) is 9.47 Å². The monoisotopic (exact) mass is 496 g/mol. The first kappa shape index (κ1) is 28.1. The molecule has 8 nitrogen and oxygen atoms in total. The van der Waals surface area contributed by atoms with Gasteiger partial charge in [-0.15, -0.1) is 11.3 Å². The minimum Gasteiger partial charge on any atom is -0.476 e. The van der Waals surface area contributed by atoms with Crippen molar-refractivity contribution in [2.75, 3.05) is 6.54 Å². The molecule has 1 aliphatic rings. The number of carboxylic acids is 1. The molecule has 1 aromatic heterocycles. The zero-order chi connectivity index (χ0) is 25.6. The number of aromatic nitrogens is 1. The van der Waals surface area contributed by atoms with Crippen LogP contribution in [0.5, 0.6) is 0 Å². The minimum atomic E-state index is -1.13. The van der Waals surface area contributed by atoms with Crippen LogP contribution in [0.25, 0.3) is 0 Å². The molecule has 0 aliphatic heterocycles. The van der Waals surface area contributed by atoms with Gasteiger partial charge in [-0.2, -0.15) is 0 Å². The summed E-state index contributed by atoms with van der Waals surface area (Å²) in [6.07, 6.45) is 3.40. The number of rotatable bonds is 9. The third-order valence-corrected chi connectivity index (χ3v) is 7.28. The maximum Gasteiger partial charge on any atom is 0.410 e. The second-order valence-corrected chi connectivity index (χ2v) is 11.3. The summed E-state index contributed by atoms with van der Waals surface area (Å²) in [5, 5.41) is 11.2. The summed E-state index contributed by atoms with van der Waals surface area (Å²) in [6, 6.07) is -0.238. The summed E-state index contributed by atoms with van der Waals surface area (Å²) >= 11 is 1.16. The summed E-state index contributed by atoms with van der Waals surface area (Å²) in [6.45, 7) is 13.7. The predicted octanol–water partition coefficient (Wildman–Crippen LogP) is 5.92. The lowest BCUT2D eigenvalue weighted by Crippen LogP contribution is -2.49. The van der Waals surface area contributed by atoms with E-state index in [1.807, 2.05) is 27.7 Å². The number of ether oxygens (including phenoxy) is 2. The van der Waals surface area contributed by atoms with Crippen molar-refractivity contribution in [1.29, 1.82) is 0 Å². The Morgan fingerprint density at radius 3 is 2.41 bits per heavy atom. The summed E-state index contributed by atoms with van der Waals surface area (Å²) < 4.78 is 11.4. The van der Waals surface area contributed by atoms with Crippen LogP contribution in [0.1, 0.15) is 102 Å². The quantitative estimate of drug-likeness (QED) is 0.423.